The van der Waals surface area contributed by atoms with Crippen LogP contribution in [0.2, 0.25) is 5.02 Å². The molecule has 0 fully saturated rings. The van der Waals surface area contributed by atoms with Gasteiger partial charge in [0.1, 0.15) is 11.6 Å². The molecule has 2 aromatic rings. The summed E-state index contributed by atoms with van der Waals surface area (Å²) >= 11 is 5.60. The highest BCUT2D eigenvalue weighted by atomic mass is 35.5. The Labute approximate surface area is 122 Å². The molecular formula is C16H16ClF2N. The Balaban J connectivity index is 2.55. The Morgan fingerprint density at radius 3 is 2.30 bits per heavy atom. The maximum absolute atomic E-state index is 14.1. The van der Waals surface area contributed by atoms with Gasteiger partial charge in [0.05, 0.1) is 11.1 Å². The summed E-state index contributed by atoms with van der Waals surface area (Å²) in [5.41, 5.74) is 3.32. The van der Waals surface area contributed by atoms with Crippen molar-refractivity contribution in [1.29, 1.82) is 0 Å². The topological polar surface area (TPSA) is 12.0 Å². The van der Waals surface area contributed by atoms with Crippen molar-refractivity contribution < 1.29 is 8.78 Å². The van der Waals surface area contributed by atoms with Crippen LogP contribution in [0.1, 0.15) is 28.3 Å². The van der Waals surface area contributed by atoms with Gasteiger partial charge in [-0.3, -0.25) is 0 Å². The van der Waals surface area contributed by atoms with Crippen molar-refractivity contribution in [1.82, 2.24) is 5.32 Å². The molecular weight excluding hydrogens is 280 g/mol. The Morgan fingerprint density at radius 2 is 1.70 bits per heavy atom. The lowest BCUT2D eigenvalue weighted by Gasteiger charge is -2.20. The smallest absolute Gasteiger partial charge is 0.142 e. The van der Waals surface area contributed by atoms with Crippen molar-refractivity contribution in [3.8, 4) is 0 Å². The number of halogens is 3. The molecule has 20 heavy (non-hydrogen) atoms. The average molecular weight is 296 g/mol. The highest BCUT2D eigenvalue weighted by Crippen LogP contribution is 2.30. The van der Waals surface area contributed by atoms with Gasteiger partial charge >= 0.3 is 0 Å². The van der Waals surface area contributed by atoms with Crippen LogP contribution < -0.4 is 5.32 Å². The van der Waals surface area contributed by atoms with Crippen LogP contribution in [0.5, 0.6) is 0 Å². The minimum absolute atomic E-state index is 0.207. The molecule has 0 radical (unpaired) electrons. The molecule has 0 saturated carbocycles. The Morgan fingerprint density at radius 1 is 1.00 bits per heavy atom. The molecule has 2 aromatic carbocycles. The van der Waals surface area contributed by atoms with E-state index in [1.165, 1.54) is 0 Å². The first-order valence-electron chi connectivity index (χ1n) is 6.33. The average Bonchev–Trinajstić information content (AvgIpc) is 2.38. The van der Waals surface area contributed by atoms with Crippen molar-refractivity contribution in [2.24, 2.45) is 0 Å². The largest absolute Gasteiger partial charge is 0.309 e. The van der Waals surface area contributed by atoms with Gasteiger partial charge in [0.15, 0.2) is 0 Å². The molecule has 1 N–H and O–H groups in total. The molecule has 0 aromatic heterocycles. The van der Waals surface area contributed by atoms with Crippen molar-refractivity contribution >= 4 is 11.6 Å². The quantitative estimate of drug-likeness (QED) is 0.820. The lowest BCUT2D eigenvalue weighted by Crippen LogP contribution is -2.20. The second kappa shape index (κ2) is 5.90. The lowest BCUT2D eigenvalue weighted by molar-refractivity contribution is 0.557. The third-order valence-electron chi connectivity index (χ3n) is 3.38. The Kier molecular flexibility index (Phi) is 4.41. The molecule has 2 rings (SSSR count). The van der Waals surface area contributed by atoms with E-state index < -0.39 is 17.7 Å². The second-order valence-electron chi connectivity index (χ2n) is 4.87. The molecule has 0 aliphatic rings. The van der Waals surface area contributed by atoms with E-state index in [-0.39, 0.29) is 10.6 Å². The minimum Gasteiger partial charge on any atom is -0.309 e. The van der Waals surface area contributed by atoms with Gasteiger partial charge in [0.25, 0.3) is 0 Å². The molecule has 1 nitrogen and oxygen atoms in total. The summed E-state index contributed by atoms with van der Waals surface area (Å²) in [6, 6.07) is 7.65. The molecule has 4 heteroatoms. The van der Waals surface area contributed by atoms with E-state index in [1.54, 1.807) is 7.05 Å². The monoisotopic (exact) mass is 295 g/mol. The number of hydrogen-bond acceptors (Lipinski definition) is 1. The number of aryl methyl sites for hydroxylation is 2. The van der Waals surface area contributed by atoms with Crippen LogP contribution in [0.4, 0.5) is 8.78 Å². The minimum atomic E-state index is -0.618. The van der Waals surface area contributed by atoms with Gasteiger partial charge < -0.3 is 5.32 Å². The molecule has 0 aliphatic heterocycles. The maximum atomic E-state index is 14.1. The first-order chi connectivity index (χ1) is 9.43. The molecule has 0 spiro atoms. The first kappa shape index (κ1) is 14.9. The zero-order valence-electron chi connectivity index (χ0n) is 11.6. The predicted octanol–water partition coefficient (Wildman–Crippen LogP) is 4.54. The summed E-state index contributed by atoms with van der Waals surface area (Å²) in [6.45, 7) is 3.95. The van der Waals surface area contributed by atoms with Crippen LogP contribution in [0.15, 0.2) is 30.3 Å². The highest BCUT2D eigenvalue weighted by molar-refractivity contribution is 6.30. The molecule has 0 aliphatic carbocycles. The molecule has 0 saturated heterocycles. The van der Waals surface area contributed by atoms with E-state index >= 15 is 0 Å². The number of benzene rings is 2. The van der Waals surface area contributed by atoms with Crippen LogP contribution in [0, 0.1) is 25.5 Å². The van der Waals surface area contributed by atoms with E-state index in [1.807, 2.05) is 32.0 Å². The van der Waals surface area contributed by atoms with Crippen molar-refractivity contribution in [2.75, 3.05) is 7.05 Å². The maximum Gasteiger partial charge on any atom is 0.142 e. The number of nitrogens with one attached hydrogen (secondary N) is 1. The SMILES string of the molecule is CNC(c1ccc(C)cc1C)c1cc(F)c(Cl)cc1F. The molecule has 1 unspecified atom stereocenters. The Hall–Kier alpha value is -1.45. The third kappa shape index (κ3) is 2.84. The van der Waals surface area contributed by atoms with Gasteiger partial charge in [-0.05, 0) is 44.2 Å². The lowest BCUT2D eigenvalue weighted by atomic mass is 9.93. The van der Waals surface area contributed by atoms with Crippen molar-refractivity contribution in [2.45, 2.75) is 19.9 Å². The van der Waals surface area contributed by atoms with Crippen LogP contribution in [0.3, 0.4) is 0 Å². The number of hydrogen-bond donors (Lipinski definition) is 1. The summed E-state index contributed by atoms with van der Waals surface area (Å²) in [6.07, 6.45) is 0. The summed E-state index contributed by atoms with van der Waals surface area (Å²) in [4.78, 5) is 0. The Bertz CT molecular complexity index is 641. The first-order valence-corrected chi connectivity index (χ1v) is 6.70. The van der Waals surface area contributed by atoms with Crippen molar-refractivity contribution in [3.63, 3.8) is 0 Å². The van der Waals surface area contributed by atoms with Crippen LogP contribution in [0.25, 0.3) is 0 Å². The zero-order valence-corrected chi connectivity index (χ0v) is 12.4. The van der Waals surface area contributed by atoms with Crippen LogP contribution in [-0.2, 0) is 0 Å². The van der Waals surface area contributed by atoms with Gasteiger partial charge in [-0.25, -0.2) is 8.78 Å². The summed E-state index contributed by atoms with van der Waals surface area (Å²) in [7, 11) is 1.72. The standard InChI is InChI=1S/C16H16ClF2N/c1-9-4-5-11(10(2)6-9)16(20-3)12-7-15(19)13(17)8-14(12)18/h4-8,16,20H,1-3H3. The second-order valence-corrected chi connectivity index (χ2v) is 5.28. The third-order valence-corrected chi connectivity index (χ3v) is 3.67. The normalized spacial score (nSPS) is 12.5. The molecule has 0 heterocycles. The summed E-state index contributed by atoms with van der Waals surface area (Å²) < 4.78 is 27.7. The van der Waals surface area contributed by atoms with E-state index in [2.05, 4.69) is 5.32 Å². The van der Waals surface area contributed by atoms with Gasteiger partial charge in [-0.1, -0.05) is 35.4 Å². The van der Waals surface area contributed by atoms with Crippen molar-refractivity contribution in [3.05, 3.63) is 69.2 Å². The molecule has 0 bridgehead atoms. The number of rotatable bonds is 3. The fourth-order valence-corrected chi connectivity index (χ4v) is 2.54. The molecule has 0 amide bonds. The van der Waals surface area contributed by atoms with E-state index in [0.29, 0.717) is 0 Å². The van der Waals surface area contributed by atoms with Gasteiger partial charge in [0.2, 0.25) is 0 Å². The molecule has 1 atom stereocenters. The fourth-order valence-electron chi connectivity index (χ4n) is 2.39. The highest BCUT2D eigenvalue weighted by Gasteiger charge is 2.20. The van der Waals surface area contributed by atoms with Gasteiger partial charge in [-0.15, -0.1) is 0 Å². The molecule has 106 valence electrons. The zero-order chi connectivity index (χ0) is 14.9. The van der Waals surface area contributed by atoms with Gasteiger partial charge in [-0.2, -0.15) is 0 Å². The predicted molar refractivity (Wildman–Crippen MR) is 78.2 cm³/mol. The van der Waals surface area contributed by atoms with Crippen LogP contribution >= 0.6 is 11.6 Å². The summed E-state index contributed by atoms with van der Waals surface area (Å²) in [5, 5.41) is 2.83. The van der Waals surface area contributed by atoms with E-state index in [0.717, 1.165) is 28.8 Å². The summed E-state index contributed by atoms with van der Waals surface area (Å²) in [5.74, 6) is -1.14. The fraction of sp³-hybridized carbons (Fsp3) is 0.250. The van der Waals surface area contributed by atoms with Gasteiger partial charge in [0, 0.05) is 5.56 Å². The van der Waals surface area contributed by atoms with E-state index in [4.69, 9.17) is 11.6 Å². The van der Waals surface area contributed by atoms with Crippen LogP contribution in [-0.4, -0.2) is 7.05 Å². The van der Waals surface area contributed by atoms with E-state index in [9.17, 15) is 8.78 Å².